The number of amides is 3. The molecule has 4 rings (SSSR count). The van der Waals surface area contributed by atoms with E-state index in [1.54, 1.807) is 54.6 Å². The number of hydrogen-bond acceptors (Lipinski definition) is 5. The maximum atomic E-state index is 12.2. The number of carbonyl (C=O) groups is 3. The number of rotatable bonds is 6. The standard InChI is InChI=1S/C22H15ClN2O5/c23-18-6-1-2-7-19(18)29-12-20(26)24-13-4-3-5-14(10-13)30-15-8-9-16-17(11-15)22(28)25-21(16)27/h1-11H,12H2,(H,24,26)(H,25,27,28). The van der Waals surface area contributed by atoms with Crippen LogP contribution in [-0.4, -0.2) is 24.3 Å². The molecule has 0 fully saturated rings. The van der Waals surface area contributed by atoms with Crippen LogP contribution >= 0.6 is 11.6 Å². The second-order valence-corrected chi connectivity index (χ2v) is 6.80. The van der Waals surface area contributed by atoms with E-state index >= 15 is 0 Å². The van der Waals surface area contributed by atoms with Crippen molar-refractivity contribution >= 4 is 35.0 Å². The number of imide groups is 1. The molecule has 8 heteroatoms. The van der Waals surface area contributed by atoms with Crippen molar-refractivity contribution in [2.75, 3.05) is 11.9 Å². The molecule has 0 aliphatic carbocycles. The molecule has 0 atom stereocenters. The predicted octanol–water partition coefficient (Wildman–Crippen LogP) is 4.03. The lowest BCUT2D eigenvalue weighted by atomic mass is 10.1. The summed E-state index contributed by atoms with van der Waals surface area (Å²) in [5.74, 6) is 0.0178. The molecule has 1 aliphatic heterocycles. The van der Waals surface area contributed by atoms with Gasteiger partial charge in [-0.3, -0.25) is 19.7 Å². The van der Waals surface area contributed by atoms with E-state index in [0.717, 1.165) is 0 Å². The Hall–Kier alpha value is -3.84. The molecule has 3 aromatic carbocycles. The van der Waals surface area contributed by atoms with Crippen molar-refractivity contribution in [2.24, 2.45) is 0 Å². The van der Waals surface area contributed by atoms with Gasteiger partial charge in [0.05, 0.1) is 16.1 Å². The van der Waals surface area contributed by atoms with Crippen LogP contribution in [0.2, 0.25) is 5.02 Å². The molecule has 3 amide bonds. The lowest BCUT2D eigenvalue weighted by molar-refractivity contribution is -0.118. The number of para-hydroxylation sites is 1. The normalized spacial score (nSPS) is 12.2. The molecular formula is C22H15ClN2O5. The third kappa shape index (κ3) is 4.26. The van der Waals surface area contributed by atoms with Crippen LogP contribution in [0.3, 0.4) is 0 Å². The highest BCUT2D eigenvalue weighted by Gasteiger charge is 2.26. The lowest BCUT2D eigenvalue weighted by Gasteiger charge is -2.11. The number of hydrogen-bond donors (Lipinski definition) is 2. The van der Waals surface area contributed by atoms with E-state index in [4.69, 9.17) is 21.1 Å². The highest BCUT2D eigenvalue weighted by molar-refractivity contribution is 6.32. The molecule has 0 spiro atoms. The first kappa shape index (κ1) is 19.5. The highest BCUT2D eigenvalue weighted by atomic mass is 35.5. The zero-order chi connectivity index (χ0) is 21.1. The number of halogens is 1. The first-order chi connectivity index (χ1) is 14.5. The fourth-order valence-corrected chi connectivity index (χ4v) is 3.08. The Balaban J connectivity index is 1.40. The van der Waals surface area contributed by atoms with Crippen molar-refractivity contribution < 1.29 is 23.9 Å². The fraction of sp³-hybridized carbons (Fsp3) is 0.0455. The average Bonchev–Trinajstić information content (AvgIpc) is 3.01. The van der Waals surface area contributed by atoms with Crippen molar-refractivity contribution in [1.82, 2.24) is 5.32 Å². The maximum Gasteiger partial charge on any atom is 0.262 e. The summed E-state index contributed by atoms with van der Waals surface area (Å²) in [4.78, 5) is 35.6. The summed E-state index contributed by atoms with van der Waals surface area (Å²) < 4.78 is 11.2. The summed E-state index contributed by atoms with van der Waals surface area (Å²) in [6.45, 7) is -0.206. The monoisotopic (exact) mass is 422 g/mol. The van der Waals surface area contributed by atoms with Crippen LogP contribution in [0.5, 0.6) is 17.2 Å². The van der Waals surface area contributed by atoms with Crippen LogP contribution in [0.15, 0.2) is 66.7 Å². The number of benzene rings is 3. The van der Waals surface area contributed by atoms with Crippen LogP contribution in [0.4, 0.5) is 5.69 Å². The minimum Gasteiger partial charge on any atom is -0.482 e. The van der Waals surface area contributed by atoms with Gasteiger partial charge in [-0.05, 0) is 42.5 Å². The Morgan fingerprint density at radius 3 is 2.50 bits per heavy atom. The largest absolute Gasteiger partial charge is 0.482 e. The Morgan fingerprint density at radius 2 is 1.67 bits per heavy atom. The minimum atomic E-state index is -0.458. The van der Waals surface area contributed by atoms with E-state index in [-0.39, 0.29) is 18.1 Å². The van der Waals surface area contributed by atoms with Gasteiger partial charge in [0.15, 0.2) is 6.61 Å². The molecule has 0 bridgehead atoms. The van der Waals surface area contributed by atoms with Crippen molar-refractivity contribution in [3.63, 3.8) is 0 Å². The molecule has 0 radical (unpaired) electrons. The van der Waals surface area contributed by atoms with Gasteiger partial charge in [0.2, 0.25) is 0 Å². The van der Waals surface area contributed by atoms with Crippen molar-refractivity contribution in [1.29, 1.82) is 0 Å². The first-order valence-corrected chi connectivity index (χ1v) is 9.32. The van der Waals surface area contributed by atoms with E-state index in [2.05, 4.69) is 10.6 Å². The van der Waals surface area contributed by atoms with Gasteiger partial charge >= 0.3 is 0 Å². The van der Waals surface area contributed by atoms with Gasteiger partial charge < -0.3 is 14.8 Å². The van der Waals surface area contributed by atoms with Gasteiger partial charge in [0.25, 0.3) is 17.7 Å². The van der Waals surface area contributed by atoms with Crippen LogP contribution in [0, 0.1) is 0 Å². The molecule has 30 heavy (non-hydrogen) atoms. The molecule has 1 aliphatic rings. The molecule has 1 heterocycles. The summed E-state index contributed by atoms with van der Waals surface area (Å²) in [5, 5.41) is 5.37. The Kier molecular flexibility index (Phi) is 5.36. The number of ether oxygens (including phenoxy) is 2. The third-order valence-electron chi connectivity index (χ3n) is 4.26. The van der Waals surface area contributed by atoms with Crippen LogP contribution in [0.1, 0.15) is 20.7 Å². The van der Waals surface area contributed by atoms with Gasteiger partial charge in [0.1, 0.15) is 17.2 Å². The fourth-order valence-electron chi connectivity index (χ4n) is 2.89. The third-order valence-corrected chi connectivity index (χ3v) is 4.57. The summed E-state index contributed by atoms with van der Waals surface area (Å²) in [5.41, 5.74) is 1.08. The zero-order valence-corrected chi connectivity index (χ0v) is 16.2. The molecule has 3 aromatic rings. The molecule has 0 aromatic heterocycles. The topological polar surface area (TPSA) is 93.7 Å². The molecule has 0 unspecified atom stereocenters. The summed E-state index contributed by atoms with van der Waals surface area (Å²) in [6.07, 6.45) is 0. The number of anilines is 1. The van der Waals surface area contributed by atoms with E-state index in [0.29, 0.717) is 33.5 Å². The van der Waals surface area contributed by atoms with E-state index in [9.17, 15) is 14.4 Å². The summed E-state index contributed by atoms with van der Waals surface area (Å²) in [6, 6.07) is 18.3. The van der Waals surface area contributed by atoms with Gasteiger partial charge in [0, 0.05) is 11.8 Å². The number of fused-ring (bicyclic) bond motifs is 1. The molecule has 7 nitrogen and oxygen atoms in total. The molecular weight excluding hydrogens is 408 g/mol. The van der Waals surface area contributed by atoms with Gasteiger partial charge in [-0.25, -0.2) is 0 Å². The van der Waals surface area contributed by atoms with Crippen LogP contribution < -0.4 is 20.1 Å². The van der Waals surface area contributed by atoms with E-state index in [1.807, 2.05) is 0 Å². The van der Waals surface area contributed by atoms with E-state index < -0.39 is 11.8 Å². The second-order valence-electron chi connectivity index (χ2n) is 6.39. The lowest BCUT2D eigenvalue weighted by Crippen LogP contribution is -2.20. The van der Waals surface area contributed by atoms with Gasteiger partial charge in [-0.1, -0.05) is 29.8 Å². The number of nitrogens with one attached hydrogen (secondary N) is 2. The van der Waals surface area contributed by atoms with Crippen molar-refractivity contribution in [3.05, 3.63) is 82.9 Å². The van der Waals surface area contributed by atoms with Crippen molar-refractivity contribution in [3.8, 4) is 17.2 Å². The Bertz CT molecular complexity index is 1160. The van der Waals surface area contributed by atoms with Gasteiger partial charge in [-0.2, -0.15) is 0 Å². The SMILES string of the molecule is O=C(COc1ccccc1Cl)Nc1cccc(Oc2ccc3c(c2)C(=O)NC3=O)c1. The molecule has 0 saturated heterocycles. The number of carbonyl (C=O) groups excluding carboxylic acids is 3. The quantitative estimate of drug-likeness (QED) is 0.585. The summed E-state index contributed by atoms with van der Waals surface area (Å²) in [7, 11) is 0. The maximum absolute atomic E-state index is 12.2. The Labute approximate surface area is 176 Å². The molecule has 2 N–H and O–H groups in total. The Morgan fingerprint density at radius 1 is 0.900 bits per heavy atom. The van der Waals surface area contributed by atoms with E-state index in [1.165, 1.54) is 12.1 Å². The average molecular weight is 423 g/mol. The predicted molar refractivity (Wildman–Crippen MR) is 110 cm³/mol. The summed E-state index contributed by atoms with van der Waals surface area (Å²) >= 11 is 6.00. The van der Waals surface area contributed by atoms with Gasteiger partial charge in [-0.15, -0.1) is 0 Å². The first-order valence-electron chi connectivity index (χ1n) is 8.94. The van der Waals surface area contributed by atoms with Crippen LogP contribution in [0.25, 0.3) is 0 Å². The smallest absolute Gasteiger partial charge is 0.262 e. The zero-order valence-electron chi connectivity index (χ0n) is 15.5. The highest BCUT2D eigenvalue weighted by Crippen LogP contribution is 2.28. The van der Waals surface area contributed by atoms with Crippen LogP contribution in [-0.2, 0) is 4.79 Å². The minimum absolute atomic E-state index is 0.206. The van der Waals surface area contributed by atoms with Crippen molar-refractivity contribution in [2.45, 2.75) is 0 Å². The molecule has 150 valence electrons. The second kappa shape index (κ2) is 8.26. The molecule has 0 saturated carbocycles.